The lowest BCUT2D eigenvalue weighted by molar-refractivity contribution is 0.301. The smallest absolute Gasteiger partial charge is 0.122 e. The van der Waals surface area contributed by atoms with Crippen molar-refractivity contribution in [1.29, 1.82) is 0 Å². The lowest BCUT2D eigenvalue weighted by atomic mass is 10.0. The molecular weight excluding hydrogens is 328 g/mol. The van der Waals surface area contributed by atoms with Crippen LogP contribution < -0.4 is 4.74 Å². The molecule has 0 unspecified atom stereocenters. The van der Waals surface area contributed by atoms with Gasteiger partial charge in [0.15, 0.2) is 0 Å². The van der Waals surface area contributed by atoms with E-state index in [1.54, 1.807) is 0 Å². The molecule has 0 atom stereocenters. The van der Waals surface area contributed by atoms with Crippen LogP contribution in [0.4, 0.5) is 0 Å². The number of hydrogen-bond donors (Lipinski definition) is 0. The first-order valence-electron chi connectivity index (χ1n) is 12.1. The predicted octanol–water partition coefficient (Wildman–Crippen LogP) is 8.89. The standard InChI is InChI=1S/C26H46O/c1-3-5-7-9-11-12-14-16-20-24-27-26-23-19-18-22-25(26)21-17-15-13-10-8-6-4-2/h18-19,22-23H,3-17,20-21,24H2,1-2H3. The second-order valence-electron chi connectivity index (χ2n) is 8.16. The van der Waals surface area contributed by atoms with Gasteiger partial charge in [-0.15, -0.1) is 0 Å². The van der Waals surface area contributed by atoms with Gasteiger partial charge in [-0.3, -0.25) is 0 Å². The average Bonchev–Trinajstić information content (AvgIpc) is 2.69. The topological polar surface area (TPSA) is 9.23 Å². The van der Waals surface area contributed by atoms with Crippen molar-refractivity contribution >= 4 is 0 Å². The summed E-state index contributed by atoms with van der Waals surface area (Å²) in [5.74, 6) is 1.13. The Balaban J connectivity index is 2.06. The number of ether oxygens (including phenoxy) is 1. The molecule has 0 fully saturated rings. The second kappa shape index (κ2) is 18.4. The van der Waals surface area contributed by atoms with E-state index in [0.717, 1.165) is 12.4 Å². The fourth-order valence-electron chi connectivity index (χ4n) is 3.72. The maximum Gasteiger partial charge on any atom is 0.122 e. The van der Waals surface area contributed by atoms with Gasteiger partial charge in [-0.1, -0.05) is 122 Å². The highest BCUT2D eigenvalue weighted by molar-refractivity contribution is 5.33. The van der Waals surface area contributed by atoms with Crippen LogP contribution in [0.3, 0.4) is 0 Å². The van der Waals surface area contributed by atoms with Crippen molar-refractivity contribution < 1.29 is 4.74 Å². The molecule has 0 spiro atoms. The zero-order valence-electron chi connectivity index (χ0n) is 18.4. The summed E-state index contributed by atoms with van der Waals surface area (Å²) < 4.78 is 6.11. The molecule has 0 saturated carbocycles. The lowest BCUT2D eigenvalue weighted by Gasteiger charge is -2.11. The van der Waals surface area contributed by atoms with Crippen LogP contribution in [0, 0.1) is 0 Å². The Morgan fingerprint density at radius 2 is 1.04 bits per heavy atom. The molecule has 0 radical (unpaired) electrons. The summed E-state index contributed by atoms with van der Waals surface area (Å²) in [6, 6.07) is 8.68. The van der Waals surface area contributed by atoms with Crippen molar-refractivity contribution in [2.24, 2.45) is 0 Å². The van der Waals surface area contributed by atoms with Gasteiger partial charge in [0.2, 0.25) is 0 Å². The number of para-hydroxylation sites is 1. The molecule has 0 bridgehead atoms. The van der Waals surface area contributed by atoms with Gasteiger partial charge in [-0.05, 0) is 30.9 Å². The molecule has 0 aliphatic carbocycles. The first kappa shape index (κ1) is 24.1. The molecule has 0 saturated heterocycles. The normalized spacial score (nSPS) is 11.0. The molecule has 0 aliphatic rings. The van der Waals surface area contributed by atoms with Gasteiger partial charge in [0.25, 0.3) is 0 Å². The van der Waals surface area contributed by atoms with Crippen LogP contribution in [0.25, 0.3) is 0 Å². The van der Waals surface area contributed by atoms with E-state index >= 15 is 0 Å². The first-order chi connectivity index (χ1) is 13.4. The SMILES string of the molecule is CCCCCCCCCCCOc1ccccc1CCCCCCCCC. The van der Waals surface area contributed by atoms with Crippen molar-refractivity contribution in [3.05, 3.63) is 29.8 Å². The Bertz CT molecular complexity index is 426. The Hall–Kier alpha value is -0.980. The van der Waals surface area contributed by atoms with Gasteiger partial charge in [0.05, 0.1) is 6.61 Å². The molecule has 1 heteroatoms. The summed E-state index contributed by atoms with van der Waals surface area (Å²) in [7, 11) is 0. The van der Waals surface area contributed by atoms with Crippen molar-refractivity contribution in [2.45, 2.75) is 123 Å². The number of hydrogen-bond acceptors (Lipinski definition) is 1. The minimum absolute atomic E-state index is 0.879. The summed E-state index contributed by atoms with van der Waals surface area (Å²) in [6.45, 7) is 5.45. The highest BCUT2D eigenvalue weighted by atomic mass is 16.5. The highest BCUT2D eigenvalue weighted by Gasteiger charge is 2.03. The van der Waals surface area contributed by atoms with Crippen LogP contribution >= 0.6 is 0 Å². The third-order valence-corrected chi connectivity index (χ3v) is 5.53. The molecule has 0 heterocycles. The van der Waals surface area contributed by atoms with E-state index < -0.39 is 0 Å². The highest BCUT2D eigenvalue weighted by Crippen LogP contribution is 2.21. The molecule has 1 aromatic rings. The average molecular weight is 375 g/mol. The number of rotatable bonds is 19. The largest absolute Gasteiger partial charge is 0.493 e. The van der Waals surface area contributed by atoms with E-state index in [0.29, 0.717) is 0 Å². The van der Waals surface area contributed by atoms with Crippen LogP contribution in [0.15, 0.2) is 24.3 Å². The zero-order valence-corrected chi connectivity index (χ0v) is 18.4. The minimum Gasteiger partial charge on any atom is -0.493 e. The number of benzene rings is 1. The molecule has 27 heavy (non-hydrogen) atoms. The Labute approximate surface area is 170 Å². The van der Waals surface area contributed by atoms with E-state index in [1.807, 2.05) is 0 Å². The van der Waals surface area contributed by atoms with E-state index in [2.05, 4.69) is 38.1 Å². The monoisotopic (exact) mass is 374 g/mol. The van der Waals surface area contributed by atoms with E-state index in [-0.39, 0.29) is 0 Å². The maximum absolute atomic E-state index is 6.11. The van der Waals surface area contributed by atoms with Gasteiger partial charge in [0, 0.05) is 0 Å². The summed E-state index contributed by atoms with van der Waals surface area (Å²) in [4.78, 5) is 0. The van der Waals surface area contributed by atoms with Crippen LogP contribution in [0.2, 0.25) is 0 Å². The number of unbranched alkanes of at least 4 members (excludes halogenated alkanes) is 14. The van der Waals surface area contributed by atoms with E-state index in [4.69, 9.17) is 4.74 Å². The van der Waals surface area contributed by atoms with Gasteiger partial charge in [-0.2, -0.15) is 0 Å². The van der Waals surface area contributed by atoms with Crippen LogP contribution in [-0.4, -0.2) is 6.61 Å². The molecule has 1 rings (SSSR count). The Kier molecular flexibility index (Phi) is 16.4. The van der Waals surface area contributed by atoms with Gasteiger partial charge >= 0.3 is 0 Å². The summed E-state index contributed by atoms with van der Waals surface area (Å²) >= 11 is 0. The summed E-state index contributed by atoms with van der Waals surface area (Å²) in [6.07, 6.45) is 23.1. The van der Waals surface area contributed by atoms with E-state index in [9.17, 15) is 0 Å². The molecule has 1 aromatic carbocycles. The quantitative estimate of drug-likeness (QED) is 0.220. The van der Waals surface area contributed by atoms with Crippen LogP contribution in [0.5, 0.6) is 5.75 Å². The Morgan fingerprint density at radius 1 is 0.556 bits per heavy atom. The maximum atomic E-state index is 6.11. The van der Waals surface area contributed by atoms with Crippen LogP contribution in [-0.2, 0) is 6.42 Å². The summed E-state index contributed by atoms with van der Waals surface area (Å²) in [5, 5.41) is 0. The van der Waals surface area contributed by atoms with Crippen LogP contribution in [0.1, 0.15) is 122 Å². The third kappa shape index (κ3) is 13.8. The third-order valence-electron chi connectivity index (χ3n) is 5.53. The first-order valence-corrected chi connectivity index (χ1v) is 12.1. The second-order valence-corrected chi connectivity index (χ2v) is 8.16. The van der Waals surface area contributed by atoms with Gasteiger partial charge in [-0.25, -0.2) is 0 Å². The van der Waals surface area contributed by atoms with Crippen molar-refractivity contribution in [3.8, 4) is 5.75 Å². The molecular formula is C26H46O. The lowest BCUT2D eigenvalue weighted by Crippen LogP contribution is -2.00. The molecule has 156 valence electrons. The molecule has 0 aliphatic heterocycles. The summed E-state index contributed by atoms with van der Waals surface area (Å²) in [5.41, 5.74) is 1.40. The van der Waals surface area contributed by atoms with E-state index in [1.165, 1.54) is 115 Å². The van der Waals surface area contributed by atoms with Crippen molar-refractivity contribution in [3.63, 3.8) is 0 Å². The molecule has 0 N–H and O–H groups in total. The fourth-order valence-corrected chi connectivity index (χ4v) is 3.72. The molecule has 1 nitrogen and oxygen atoms in total. The van der Waals surface area contributed by atoms with Crippen molar-refractivity contribution in [2.75, 3.05) is 6.61 Å². The fraction of sp³-hybridized carbons (Fsp3) is 0.769. The van der Waals surface area contributed by atoms with Gasteiger partial charge in [0.1, 0.15) is 5.75 Å². The molecule has 0 amide bonds. The predicted molar refractivity (Wildman–Crippen MR) is 121 cm³/mol. The number of aryl methyl sites for hydroxylation is 1. The minimum atomic E-state index is 0.879. The van der Waals surface area contributed by atoms with Gasteiger partial charge < -0.3 is 4.74 Å². The zero-order chi connectivity index (χ0) is 19.4. The van der Waals surface area contributed by atoms with Crippen molar-refractivity contribution in [1.82, 2.24) is 0 Å². The molecule has 0 aromatic heterocycles. The Morgan fingerprint density at radius 3 is 1.63 bits per heavy atom.